The van der Waals surface area contributed by atoms with Crippen LogP contribution < -0.4 is 5.32 Å². The molecule has 0 spiro atoms. The molecule has 0 saturated heterocycles. The van der Waals surface area contributed by atoms with Crippen LogP contribution in [0.1, 0.15) is 32.4 Å². The van der Waals surface area contributed by atoms with Crippen molar-refractivity contribution in [3.05, 3.63) is 29.6 Å². The number of ether oxygens (including phenoxy) is 1. The molecule has 0 radical (unpaired) electrons. The van der Waals surface area contributed by atoms with Crippen LogP contribution >= 0.6 is 0 Å². The summed E-state index contributed by atoms with van der Waals surface area (Å²) in [6.45, 7) is 4.56. The SMILES string of the molecule is CC(C)(C)OC(=O)Nc1ccc(F)c(C(O)CO)c1. The van der Waals surface area contributed by atoms with E-state index in [4.69, 9.17) is 9.84 Å². The minimum atomic E-state index is -1.33. The summed E-state index contributed by atoms with van der Waals surface area (Å²) < 4.78 is 18.4. The molecule has 1 aromatic rings. The van der Waals surface area contributed by atoms with E-state index >= 15 is 0 Å². The van der Waals surface area contributed by atoms with Crippen LogP contribution in [0.15, 0.2) is 18.2 Å². The molecule has 1 aromatic carbocycles. The summed E-state index contributed by atoms with van der Waals surface area (Å²) in [5, 5.41) is 20.7. The van der Waals surface area contributed by atoms with E-state index in [1.807, 2.05) is 0 Å². The van der Waals surface area contributed by atoms with Crippen LogP contribution in [0.2, 0.25) is 0 Å². The van der Waals surface area contributed by atoms with Crippen LogP contribution in [-0.2, 0) is 4.74 Å². The Bertz CT molecular complexity index is 456. The fourth-order valence-electron chi connectivity index (χ4n) is 1.40. The van der Waals surface area contributed by atoms with Crippen molar-refractivity contribution in [3.8, 4) is 0 Å². The van der Waals surface area contributed by atoms with Crippen LogP contribution in [-0.4, -0.2) is 28.5 Å². The smallest absolute Gasteiger partial charge is 0.412 e. The summed E-state index contributed by atoms with van der Waals surface area (Å²) in [4.78, 5) is 11.5. The Kier molecular flexibility index (Phi) is 4.85. The predicted octanol–water partition coefficient (Wildman–Crippen LogP) is 2.20. The largest absolute Gasteiger partial charge is 0.444 e. The molecule has 3 N–H and O–H groups in total. The van der Waals surface area contributed by atoms with Crippen molar-refractivity contribution in [2.45, 2.75) is 32.5 Å². The lowest BCUT2D eigenvalue weighted by Gasteiger charge is -2.20. The van der Waals surface area contributed by atoms with Crippen molar-refractivity contribution in [2.75, 3.05) is 11.9 Å². The number of aliphatic hydroxyl groups is 2. The van der Waals surface area contributed by atoms with Crippen molar-refractivity contribution in [3.63, 3.8) is 0 Å². The normalized spacial score (nSPS) is 12.9. The number of rotatable bonds is 3. The molecule has 5 nitrogen and oxygen atoms in total. The first kappa shape index (κ1) is 15.4. The lowest BCUT2D eigenvalue weighted by molar-refractivity contribution is 0.0635. The lowest BCUT2D eigenvalue weighted by atomic mass is 10.1. The van der Waals surface area contributed by atoms with Gasteiger partial charge in [-0.15, -0.1) is 0 Å². The number of anilines is 1. The molecule has 0 aliphatic carbocycles. The van der Waals surface area contributed by atoms with Gasteiger partial charge in [0.15, 0.2) is 0 Å². The molecule has 1 rings (SSSR count). The highest BCUT2D eigenvalue weighted by molar-refractivity contribution is 5.84. The zero-order valence-corrected chi connectivity index (χ0v) is 11.1. The predicted molar refractivity (Wildman–Crippen MR) is 68.3 cm³/mol. The van der Waals surface area contributed by atoms with Gasteiger partial charge >= 0.3 is 6.09 Å². The Labute approximate surface area is 111 Å². The van der Waals surface area contributed by atoms with E-state index in [0.717, 1.165) is 6.07 Å². The third kappa shape index (κ3) is 4.84. The number of aliphatic hydroxyl groups excluding tert-OH is 2. The van der Waals surface area contributed by atoms with Crippen molar-refractivity contribution >= 4 is 11.8 Å². The van der Waals surface area contributed by atoms with Crippen molar-refractivity contribution < 1.29 is 24.1 Å². The van der Waals surface area contributed by atoms with Gasteiger partial charge in [-0.2, -0.15) is 0 Å². The van der Waals surface area contributed by atoms with Gasteiger partial charge in [-0.3, -0.25) is 5.32 Å². The summed E-state index contributed by atoms with van der Waals surface area (Å²) in [6.07, 6.45) is -2.01. The Morgan fingerprint density at radius 3 is 2.63 bits per heavy atom. The zero-order valence-electron chi connectivity index (χ0n) is 11.1. The molecule has 0 fully saturated rings. The first-order valence-electron chi connectivity index (χ1n) is 5.81. The first-order valence-corrected chi connectivity index (χ1v) is 5.81. The van der Waals surface area contributed by atoms with E-state index in [0.29, 0.717) is 0 Å². The van der Waals surface area contributed by atoms with Crippen molar-refractivity contribution in [2.24, 2.45) is 0 Å². The molecule has 0 aromatic heterocycles. The summed E-state index contributed by atoms with van der Waals surface area (Å²) >= 11 is 0. The Balaban J connectivity index is 2.83. The maximum atomic E-state index is 13.4. The molecule has 0 aliphatic heterocycles. The van der Waals surface area contributed by atoms with Crippen LogP contribution in [0.4, 0.5) is 14.9 Å². The highest BCUT2D eigenvalue weighted by atomic mass is 19.1. The summed E-state index contributed by atoms with van der Waals surface area (Å²) in [5.74, 6) is -0.656. The maximum absolute atomic E-state index is 13.4. The number of nitrogens with one attached hydrogen (secondary N) is 1. The molecule has 0 aliphatic rings. The van der Waals surface area contributed by atoms with Gasteiger partial charge in [0.2, 0.25) is 0 Å². The second-order valence-corrected chi connectivity index (χ2v) is 5.06. The number of hydrogen-bond donors (Lipinski definition) is 3. The number of benzene rings is 1. The minimum absolute atomic E-state index is 0.0870. The molecule has 0 saturated carbocycles. The topological polar surface area (TPSA) is 78.8 Å². The van der Waals surface area contributed by atoms with Crippen LogP contribution in [0.5, 0.6) is 0 Å². The Hall–Kier alpha value is -1.66. The third-order valence-corrected chi connectivity index (χ3v) is 2.17. The lowest BCUT2D eigenvalue weighted by Crippen LogP contribution is -2.27. The highest BCUT2D eigenvalue weighted by Crippen LogP contribution is 2.21. The first-order chi connectivity index (χ1) is 8.73. The highest BCUT2D eigenvalue weighted by Gasteiger charge is 2.17. The number of amides is 1. The van der Waals surface area contributed by atoms with Gasteiger partial charge in [-0.05, 0) is 39.0 Å². The standard InChI is InChI=1S/C13H18FNO4/c1-13(2,3)19-12(18)15-8-4-5-10(14)9(6-8)11(17)7-16/h4-6,11,16-17H,7H2,1-3H3,(H,15,18). The van der Waals surface area contributed by atoms with Gasteiger partial charge in [0.1, 0.15) is 17.5 Å². The van der Waals surface area contributed by atoms with Crippen LogP contribution in [0.3, 0.4) is 0 Å². The molecule has 0 bridgehead atoms. The molecule has 19 heavy (non-hydrogen) atoms. The van der Waals surface area contributed by atoms with Crippen molar-refractivity contribution in [1.29, 1.82) is 0 Å². The average Bonchev–Trinajstić information content (AvgIpc) is 2.28. The number of hydrogen-bond acceptors (Lipinski definition) is 4. The van der Waals surface area contributed by atoms with E-state index in [9.17, 15) is 14.3 Å². The number of carbonyl (C=O) groups excluding carboxylic acids is 1. The molecule has 1 atom stereocenters. The average molecular weight is 271 g/mol. The molecule has 6 heteroatoms. The molecular formula is C13H18FNO4. The fourth-order valence-corrected chi connectivity index (χ4v) is 1.40. The summed E-state index contributed by atoms with van der Waals surface area (Å²) in [5.41, 5.74) is -0.452. The van der Waals surface area contributed by atoms with Crippen LogP contribution in [0.25, 0.3) is 0 Å². The molecule has 106 valence electrons. The second kappa shape index (κ2) is 5.99. The van der Waals surface area contributed by atoms with E-state index in [1.54, 1.807) is 20.8 Å². The van der Waals surface area contributed by atoms with Gasteiger partial charge in [-0.25, -0.2) is 9.18 Å². The Morgan fingerprint density at radius 1 is 1.47 bits per heavy atom. The molecular weight excluding hydrogens is 253 g/mol. The number of carbonyl (C=O) groups is 1. The Morgan fingerprint density at radius 2 is 2.11 bits per heavy atom. The van der Waals surface area contributed by atoms with E-state index in [1.165, 1.54) is 12.1 Å². The minimum Gasteiger partial charge on any atom is -0.444 e. The van der Waals surface area contributed by atoms with Gasteiger partial charge in [0.05, 0.1) is 6.61 Å². The molecule has 1 amide bonds. The zero-order chi connectivity index (χ0) is 14.6. The molecule has 1 unspecified atom stereocenters. The molecule has 0 heterocycles. The van der Waals surface area contributed by atoms with Gasteiger partial charge < -0.3 is 14.9 Å². The third-order valence-electron chi connectivity index (χ3n) is 2.17. The second-order valence-electron chi connectivity index (χ2n) is 5.06. The van der Waals surface area contributed by atoms with Gasteiger partial charge in [-0.1, -0.05) is 0 Å². The van der Waals surface area contributed by atoms with E-state index in [2.05, 4.69) is 5.32 Å². The fraction of sp³-hybridized carbons (Fsp3) is 0.462. The summed E-state index contributed by atoms with van der Waals surface area (Å²) in [7, 11) is 0. The van der Waals surface area contributed by atoms with Crippen LogP contribution in [0, 0.1) is 5.82 Å². The van der Waals surface area contributed by atoms with E-state index in [-0.39, 0.29) is 11.3 Å². The quantitative estimate of drug-likeness (QED) is 0.787. The maximum Gasteiger partial charge on any atom is 0.412 e. The van der Waals surface area contributed by atoms with Gasteiger partial charge in [0.25, 0.3) is 0 Å². The summed E-state index contributed by atoms with van der Waals surface area (Å²) in [6, 6.07) is 3.69. The monoisotopic (exact) mass is 271 g/mol. The van der Waals surface area contributed by atoms with E-state index < -0.39 is 30.2 Å². The van der Waals surface area contributed by atoms with Gasteiger partial charge in [0, 0.05) is 11.3 Å². The number of halogens is 1. The van der Waals surface area contributed by atoms with Crippen molar-refractivity contribution in [1.82, 2.24) is 0 Å².